The molecule has 0 aliphatic heterocycles. The van der Waals surface area contributed by atoms with Gasteiger partial charge in [-0.3, -0.25) is 4.79 Å². The Morgan fingerprint density at radius 3 is 2.45 bits per heavy atom. The molecule has 106 valence electrons. The summed E-state index contributed by atoms with van der Waals surface area (Å²) in [6.07, 6.45) is -3.88. The van der Waals surface area contributed by atoms with Crippen LogP contribution in [0.25, 0.3) is 0 Å². The number of aromatic nitrogens is 2. The minimum Gasteiger partial charge on any atom is -0.439 e. The Kier molecular flexibility index (Phi) is 3.78. The summed E-state index contributed by atoms with van der Waals surface area (Å²) >= 11 is 0. The van der Waals surface area contributed by atoms with Crippen LogP contribution in [0.4, 0.5) is 13.2 Å². The second-order valence-electron chi connectivity index (χ2n) is 4.01. The molecular weight excluding hydrogens is 273 g/mol. The number of rotatable bonds is 3. The largest absolute Gasteiger partial charge is 0.439 e. The summed E-state index contributed by atoms with van der Waals surface area (Å²) in [5.74, 6) is 0.669. The van der Waals surface area contributed by atoms with Gasteiger partial charge in [-0.25, -0.2) is 0 Å². The van der Waals surface area contributed by atoms with Crippen LogP contribution < -0.4 is 10.3 Å². The van der Waals surface area contributed by atoms with E-state index in [1.165, 1.54) is 12.1 Å². The molecule has 2 rings (SSSR count). The van der Waals surface area contributed by atoms with Gasteiger partial charge in [-0.2, -0.15) is 18.2 Å². The second-order valence-corrected chi connectivity index (χ2v) is 4.01. The lowest BCUT2D eigenvalue weighted by Crippen LogP contribution is -2.10. The van der Waals surface area contributed by atoms with Crippen LogP contribution in [0.3, 0.4) is 0 Å². The van der Waals surface area contributed by atoms with Crippen molar-refractivity contribution in [3.63, 3.8) is 0 Å². The van der Waals surface area contributed by atoms with E-state index in [-0.39, 0.29) is 17.2 Å². The summed E-state index contributed by atoms with van der Waals surface area (Å²) in [5.41, 5.74) is -1.14. The highest BCUT2D eigenvalue weighted by Gasteiger charge is 2.30. The highest BCUT2D eigenvalue weighted by atomic mass is 19.4. The van der Waals surface area contributed by atoms with E-state index < -0.39 is 11.7 Å². The minimum atomic E-state index is -4.39. The van der Waals surface area contributed by atoms with Crippen LogP contribution in [0.2, 0.25) is 0 Å². The quantitative estimate of drug-likeness (QED) is 0.942. The van der Waals surface area contributed by atoms with Crippen LogP contribution in [0.1, 0.15) is 18.3 Å². The van der Waals surface area contributed by atoms with Crippen LogP contribution in [-0.4, -0.2) is 9.97 Å². The first kappa shape index (κ1) is 14.1. The summed E-state index contributed by atoms with van der Waals surface area (Å²) < 4.78 is 42.5. The molecule has 0 aliphatic carbocycles. The number of aromatic amines is 1. The predicted octanol–water partition coefficient (Wildman–Crippen LogP) is 3.14. The molecule has 0 saturated carbocycles. The molecule has 0 amide bonds. The van der Waals surface area contributed by atoms with Crippen molar-refractivity contribution in [1.82, 2.24) is 9.97 Å². The Hall–Kier alpha value is -2.31. The van der Waals surface area contributed by atoms with E-state index in [2.05, 4.69) is 9.97 Å². The van der Waals surface area contributed by atoms with E-state index in [1.54, 1.807) is 6.92 Å². The predicted molar refractivity (Wildman–Crippen MR) is 65.8 cm³/mol. The molecule has 1 N–H and O–H groups in total. The molecule has 0 saturated heterocycles. The number of aryl methyl sites for hydroxylation is 1. The van der Waals surface area contributed by atoms with Gasteiger partial charge in [0, 0.05) is 6.42 Å². The molecule has 0 radical (unpaired) electrons. The number of ether oxygens (including phenoxy) is 1. The zero-order valence-corrected chi connectivity index (χ0v) is 10.5. The maximum atomic E-state index is 12.4. The van der Waals surface area contributed by atoms with Crippen molar-refractivity contribution < 1.29 is 17.9 Å². The number of benzene rings is 1. The average Bonchev–Trinajstić information content (AvgIpc) is 2.37. The SMILES string of the molecule is CCc1nc(Oc2ccc(C(F)(F)F)cc2)cc(=O)[nH]1. The second kappa shape index (κ2) is 5.36. The molecule has 1 aromatic heterocycles. The van der Waals surface area contributed by atoms with Gasteiger partial charge in [0.25, 0.3) is 5.56 Å². The van der Waals surface area contributed by atoms with Gasteiger partial charge >= 0.3 is 6.18 Å². The zero-order chi connectivity index (χ0) is 14.8. The molecule has 0 bridgehead atoms. The van der Waals surface area contributed by atoms with Crippen molar-refractivity contribution in [2.75, 3.05) is 0 Å². The number of nitrogens with one attached hydrogen (secondary N) is 1. The van der Waals surface area contributed by atoms with Crippen molar-refractivity contribution in [2.45, 2.75) is 19.5 Å². The Labute approximate surface area is 112 Å². The first-order valence-corrected chi connectivity index (χ1v) is 5.84. The smallest absolute Gasteiger partial charge is 0.416 e. The average molecular weight is 284 g/mol. The molecule has 1 aromatic carbocycles. The van der Waals surface area contributed by atoms with Crippen molar-refractivity contribution in [2.24, 2.45) is 0 Å². The van der Waals surface area contributed by atoms with Crippen molar-refractivity contribution >= 4 is 0 Å². The minimum absolute atomic E-state index is 0.0466. The molecule has 0 fully saturated rings. The first-order valence-electron chi connectivity index (χ1n) is 5.84. The highest BCUT2D eigenvalue weighted by Crippen LogP contribution is 2.30. The lowest BCUT2D eigenvalue weighted by Gasteiger charge is -2.08. The Morgan fingerprint density at radius 1 is 1.25 bits per heavy atom. The summed E-state index contributed by atoms with van der Waals surface area (Å²) in [5, 5.41) is 0. The molecule has 0 atom stereocenters. The number of hydrogen-bond acceptors (Lipinski definition) is 3. The lowest BCUT2D eigenvalue weighted by atomic mass is 10.2. The molecule has 1 heterocycles. The molecule has 2 aromatic rings. The Morgan fingerprint density at radius 2 is 1.90 bits per heavy atom. The Bertz CT molecular complexity index is 648. The molecule has 0 unspecified atom stereocenters. The summed E-state index contributed by atoms with van der Waals surface area (Å²) in [7, 11) is 0. The third-order valence-corrected chi connectivity index (χ3v) is 2.51. The number of H-pyrrole nitrogens is 1. The van der Waals surface area contributed by atoms with Gasteiger partial charge in [-0.15, -0.1) is 0 Å². The maximum absolute atomic E-state index is 12.4. The number of hydrogen-bond donors (Lipinski definition) is 1. The molecule has 0 spiro atoms. The van der Waals surface area contributed by atoms with Gasteiger partial charge in [-0.05, 0) is 24.3 Å². The Balaban J connectivity index is 2.22. The van der Waals surface area contributed by atoms with Gasteiger partial charge in [-0.1, -0.05) is 6.92 Å². The highest BCUT2D eigenvalue weighted by molar-refractivity contribution is 5.31. The molecule has 7 heteroatoms. The summed E-state index contributed by atoms with van der Waals surface area (Å²) in [6, 6.07) is 5.30. The summed E-state index contributed by atoms with van der Waals surface area (Å²) in [6.45, 7) is 1.81. The van der Waals surface area contributed by atoms with E-state index in [4.69, 9.17) is 4.74 Å². The van der Waals surface area contributed by atoms with Gasteiger partial charge in [0.05, 0.1) is 11.6 Å². The fourth-order valence-electron chi connectivity index (χ4n) is 1.54. The molecule has 4 nitrogen and oxygen atoms in total. The lowest BCUT2D eigenvalue weighted by molar-refractivity contribution is -0.137. The fraction of sp³-hybridized carbons (Fsp3) is 0.231. The molecule has 20 heavy (non-hydrogen) atoms. The number of halogens is 3. The van der Waals surface area contributed by atoms with E-state index >= 15 is 0 Å². The fourth-order valence-corrected chi connectivity index (χ4v) is 1.54. The van der Waals surface area contributed by atoms with E-state index in [1.807, 2.05) is 0 Å². The third kappa shape index (κ3) is 3.37. The number of nitrogens with zero attached hydrogens (tertiary/aromatic N) is 1. The van der Waals surface area contributed by atoms with E-state index in [9.17, 15) is 18.0 Å². The van der Waals surface area contributed by atoms with Gasteiger partial charge in [0.2, 0.25) is 5.88 Å². The van der Waals surface area contributed by atoms with Gasteiger partial charge in [0.1, 0.15) is 11.6 Å². The maximum Gasteiger partial charge on any atom is 0.416 e. The van der Waals surface area contributed by atoms with E-state index in [0.29, 0.717) is 12.2 Å². The van der Waals surface area contributed by atoms with Crippen LogP contribution in [-0.2, 0) is 12.6 Å². The number of alkyl halides is 3. The molecular formula is C13H11F3N2O2. The van der Waals surface area contributed by atoms with Crippen LogP contribution >= 0.6 is 0 Å². The topological polar surface area (TPSA) is 55.0 Å². The van der Waals surface area contributed by atoms with Gasteiger partial charge in [0.15, 0.2) is 0 Å². The van der Waals surface area contributed by atoms with E-state index in [0.717, 1.165) is 18.2 Å². The molecule has 0 aliphatic rings. The monoisotopic (exact) mass is 284 g/mol. The van der Waals surface area contributed by atoms with Crippen molar-refractivity contribution in [3.05, 3.63) is 52.1 Å². The third-order valence-electron chi connectivity index (χ3n) is 2.51. The van der Waals surface area contributed by atoms with Crippen molar-refractivity contribution in [3.8, 4) is 11.6 Å². The zero-order valence-electron chi connectivity index (χ0n) is 10.5. The first-order chi connectivity index (χ1) is 9.38. The van der Waals surface area contributed by atoms with Crippen LogP contribution in [0, 0.1) is 0 Å². The summed E-state index contributed by atoms with van der Waals surface area (Å²) in [4.78, 5) is 17.9. The van der Waals surface area contributed by atoms with Crippen LogP contribution in [0.5, 0.6) is 11.6 Å². The normalized spacial score (nSPS) is 11.4. The van der Waals surface area contributed by atoms with Crippen molar-refractivity contribution in [1.29, 1.82) is 0 Å². The van der Waals surface area contributed by atoms with Gasteiger partial charge < -0.3 is 9.72 Å². The van der Waals surface area contributed by atoms with Crippen LogP contribution in [0.15, 0.2) is 35.1 Å². The standard InChI is InChI=1S/C13H11F3N2O2/c1-2-10-17-11(19)7-12(18-10)20-9-5-3-8(4-6-9)13(14,15)16/h3-7H,2H2,1H3,(H,17,18,19).